The molecule has 0 saturated carbocycles. The van der Waals surface area contributed by atoms with Crippen molar-refractivity contribution in [3.05, 3.63) is 60.8 Å². The van der Waals surface area contributed by atoms with E-state index in [1.165, 1.54) is 154 Å². The van der Waals surface area contributed by atoms with E-state index in [1.54, 1.807) is 0 Å². The van der Waals surface area contributed by atoms with Gasteiger partial charge in [-0.25, -0.2) is 0 Å². The normalized spacial score (nSPS) is 12.5. The molecule has 0 aromatic rings. The van der Waals surface area contributed by atoms with Gasteiger partial charge < -0.3 is 14.2 Å². The molecule has 0 bridgehead atoms. The van der Waals surface area contributed by atoms with Crippen LogP contribution in [0.3, 0.4) is 0 Å². The van der Waals surface area contributed by atoms with E-state index in [4.69, 9.17) is 14.2 Å². The molecule has 0 saturated heterocycles. The SMILES string of the molecule is CC/C=C\C/C=C\C/C=C\C/C=C\CCCCCCC(=O)OC[C@H](COC(=O)CCCCCCCCCCC/C=C\CCCCCCCC)OC(=O)CCCCCCCCCCCCCCC. The first kappa shape index (κ1) is 64.1. The topological polar surface area (TPSA) is 78.9 Å². The lowest BCUT2D eigenvalue weighted by atomic mass is 10.0. The van der Waals surface area contributed by atoms with Crippen LogP contribution in [0.2, 0.25) is 0 Å². The Hall–Kier alpha value is -2.89. The summed E-state index contributed by atoms with van der Waals surface area (Å²) in [5, 5.41) is 0. The summed E-state index contributed by atoms with van der Waals surface area (Å²) in [6.45, 7) is 6.53. The van der Waals surface area contributed by atoms with Gasteiger partial charge in [0.1, 0.15) is 13.2 Å². The van der Waals surface area contributed by atoms with E-state index >= 15 is 0 Å². The van der Waals surface area contributed by atoms with Crippen molar-refractivity contribution in [2.45, 2.75) is 297 Å². The molecule has 6 heteroatoms. The Bertz CT molecular complexity index is 1210. The highest BCUT2D eigenvalue weighted by Gasteiger charge is 2.19. The third kappa shape index (κ3) is 53.9. The molecule has 0 amide bonds. The molecule has 0 rings (SSSR count). The Morgan fingerprint density at radius 2 is 0.582 bits per heavy atom. The smallest absolute Gasteiger partial charge is 0.306 e. The van der Waals surface area contributed by atoms with Crippen LogP contribution in [0.4, 0.5) is 0 Å². The van der Waals surface area contributed by atoms with Gasteiger partial charge in [-0.1, -0.05) is 248 Å². The van der Waals surface area contributed by atoms with Gasteiger partial charge in [-0.05, 0) is 83.5 Å². The number of carbonyl (C=O) groups is 3. The number of carbonyl (C=O) groups excluding carboxylic acids is 3. The maximum absolute atomic E-state index is 12.8. The zero-order chi connectivity index (χ0) is 48.6. The van der Waals surface area contributed by atoms with Crippen LogP contribution in [-0.4, -0.2) is 37.2 Å². The Morgan fingerprint density at radius 3 is 0.925 bits per heavy atom. The minimum Gasteiger partial charge on any atom is -0.462 e. The van der Waals surface area contributed by atoms with Crippen molar-refractivity contribution in [1.82, 2.24) is 0 Å². The van der Waals surface area contributed by atoms with Crippen LogP contribution in [-0.2, 0) is 28.6 Å². The van der Waals surface area contributed by atoms with Crippen LogP contribution in [0.25, 0.3) is 0 Å². The van der Waals surface area contributed by atoms with Crippen molar-refractivity contribution < 1.29 is 28.6 Å². The molecule has 0 aliphatic rings. The van der Waals surface area contributed by atoms with Gasteiger partial charge in [-0.3, -0.25) is 14.4 Å². The van der Waals surface area contributed by atoms with E-state index in [2.05, 4.69) is 81.5 Å². The Morgan fingerprint density at radius 1 is 0.313 bits per heavy atom. The lowest BCUT2D eigenvalue weighted by Crippen LogP contribution is -2.30. The molecule has 0 aromatic carbocycles. The van der Waals surface area contributed by atoms with Crippen LogP contribution in [0.1, 0.15) is 290 Å². The first-order valence-electron chi connectivity index (χ1n) is 28.8. The van der Waals surface area contributed by atoms with Gasteiger partial charge in [0.05, 0.1) is 0 Å². The predicted octanol–water partition coefficient (Wildman–Crippen LogP) is 19.2. The van der Waals surface area contributed by atoms with Crippen molar-refractivity contribution in [3.8, 4) is 0 Å². The number of allylic oxidation sites excluding steroid dienone is 10. The number of hydrogen-bond donors (Lipinski definition) is 0. The van der Waals surface area contributed by atoms with Crippen LogP contribution in [0, 0.1) is 0 Å². The minimum atomic E-state index is -0.783. The van der Waals surface area contributed by atoms with E-state index in [9.17, 15) is 14.4 Å². The highest BCUT2D eigenvalue weighted by atomic mass is 16.6. The molecule has 1 atom stereocenters. The van der Waals surface area contributed by atoms with Crippen molar-refractivity contribution in [2.75, 3.05) is 13.2 Å². The lowest BCUT2D eigenvalue weighted by molar-refractivity contribution is -0.167. The van der Waals surface area contributed by atoms with Crippen LogP contribution in [0.15, 0.2) is 60.8 Å². The largest absolute Gasteiger partial charge is 0.462 e. The second-order valence-corrected chi connectivity index (χ2v) is 19.2. The van der Waals surface area contributed by atoms with E-state index in [0.717, 1.165) is 96.3 Å². The molecular formula is C61H108O6. The number of esters is 3. The van der Waals surface area contributed by atoms with E-state index in [0.29, 0.717) is 19.3 Å². The van der Waals surface area contributed by atoms with Gasteiger partial charge in [0.15, 0.2) is 6.10 Å². The quantitative estimate of drug-likeness (QED) is 0.0262. The standard InChI is InChI=1S/C61H108O6/c1-4-7-10-13-16-19-22-25-27-29-30-32-34-37-39-42-45-48-51-54-60(63)66-57-58(67-61(64)55-52-49-46-43-40-35-24-21-18-15-12-9-6-3)56-65-59(62)53-50-47-44-41-38-36-33-31-28-26-23-20-17-14-11-8-5-2/h8,11,17,20,25-28,33,36,58H,4-7,9-10,12-16,18-19,21-24,29-32,34-35,37-57H2,1-3H3/b11-8-,20-17-,27-25-,28-26-,36-33-/t58-/m1/s1. The summed E-state index contributed by atoms with van der Waals surface area (Å²) in [6.07, 6.45) is 69.2. The van der Waals surface area contributed by atoms with Crippen molar-refractivity contribution >= 4 is 17.9 Å². The number of ether oxygens (including phenoxy) is 3. The molecule has 0 radical (unpaired) electrons. The van der Waals surface area contributed by atoms with E-state index in [1.807, 2.05) is 0 Å². The molecule has 67 heavy (non-hydrogen) atoms. The molecule has 0 unspecified atom stereocenters. The molecular weight excluding hydrogens is 829 g/mol. The van der Waals surface area contributed by atoms with Crippen molar-refractivity contribution in [2.24, 2.45) is 0 Å². The monoisotopic (exact) mass is 937 g/mol. The summed E-state index contributed by atoms with van der Waals surface area (Å²) in [7, 11) is 0. The number of rotatable bonds is 52. The fraction of sp³-hybridized carbons (Fsp3) is 0.787. The molecule has 0 heterocycles. The average molecular weight is 938 g/mol. The van der Waals surface area contributed by atoms with Crippen molar-refractivity contribution in [1.29, 1.82) is 0 Å². The molecule has 0 aliphatic heterocycles. The van der Waals surface area contributed by atoms with Gasteiger partial charge in [-0.15, -0.1) is 0 Å². The van der Waals surface area contributed by atoms with Gasteiger partial charge in [0.2, 0.25) is 0 Å². The first-order chi connectivity index (χ1) is 33.0. The van der Waals surface area contributed by atoms with Gasteiger partial charge >= 0.3 is 17.9 Å². The zero-order valence-electron chi connectivity index (χ0n) is 44.4. The van der Waals surface area contributed by atoms with Gasteiger partial charge in [0, 0.05) is 19.3 Å². The lowest BCUT2D eigenvalue weighted by Gasteiger charge is -2.18. The summed E-state index contributed by atoms with van der Waals surface area (Å²) >= 11 is 0. The molecule has 0 N–H and O–H groups in total. The maximum atomic E-state index is 12.8. The first-order valence-corrected chi connectivity index (χ1v) is 28.8. The summed E-state index contributed by atoms with van der Waals surface area (Å²) < 4.78 is 16.9. The number of hydrogen-bond acceptors (Lipinski definition) is 6. The second kappa shape index (κ2) is 55.7. The van der Waals surface area contributed by atoms with E-state index in [-0.39, 0.29) is 31.1 Å². The van der Waals surface area contributed by atoms with E-state index < -0.39 is 6.10 Å². The third-order valence-electron chi connectivity index (χ3n) is 12.5. The molecule has 6 nitrogen and oxygen atoms in total. The highest BCUT2D eigenvalue weighted by Crippen LogP contribution is 2.16. The van der Waals surface area contributed by atoms with Crippen LogP contribution in [0.5, 0.6) is 0 Å². The predicted molar refractivity (Wildman–Crippen MR) is 288 cm³/mol. The van der Waals surface area contributed by atoms with Gasteiger partial charge in [-0.2, -0.15) is 0 Å². The fourth-order valence-electron chi connectivity index (χ4n) is 8.19. The Balaban J connectivity index is 4.37. The Kier molecular flexibility index (Phi) is 53.3. The molecule has 0 spiro atoms. The summed E-state index contributed by atoms with van der Waals surface area (Å²) in [5.74, 6) is -0.895. The summed E-state index contributed by atoms with van der Waals surface area (Å²) in [6, 6.07) is 0. The van der Waals surface area contributed by atoms with Crippen LogP contribution < -0.4 is 0 Å². The van der Waals surface area contributed by atoms with Gasteiger partial charge in [0.25, 0.3) is 0 Å². The molecule has 388 valence electrons. The summed E-state index contributed by atoms with van der Waals surface area (Å²) in [4.78, 5) is 38.1. The second-order valence-electron chi connectivity index (χ2n) is 19.2. The average Bonchev–Trinajstić information content (AvgIpc) is 3.33. The number of unbranched alkanes of at least 4 members (excludes halogenated alkanes) is 31. The highest BCUT2D eigenvalue weighted by molar-refractivity contribution is 5.71. The Labute approximate surface area is 415 Å². The summed E-state index contributed by atoms with van der Waals surface area (Å²) in [5.41, 5.74) is 0. The fourth-order valence-corrected chi connectivity index (χ4v) is 8.19. The molecule has 0 fully saturated rings. The third-order valence-corrected chi connectivity index (χ3v) is 12.5. The molecule has 0 aliphatic carbocycles. The zero-order valence-corrected chi connectivity index (χ0v) is 44.4. The maximum Gasteiger partial charge on any atom is 0.306 e. The molecule has 0 aromatic heterocycles. The minimum absolute atomic E-state index is 0.0807. The van der Waals surface area contributed by atoms with Crippen molar-refractivity contribution in [3.63, 3.8) is 0 Å². The van der Waals surface area contributed by atoms with Crippen LogP contribution >= 0.6 is 0 Å².